The van der Waals surface area contributed by atoms with Gasteiger partial charge in [-0.05, 0) is 28.1 Å². The van der Waals surface area contributed by atoms with Crippen molar-refractivity contribution in [3.8, 4) is 0 Å². The van der Waals surface area contributed by atoms with Gasteiger partial charge >= 0.3 is 0 Å². The highest BCUT2D eigenvalue weighted by Crippen LogP contribution is 2.13. The van der Waals surface area contributed by atoms with Crippen LogP contribution in [0.3, 0.4) is 0 Å². The highest BCUT2D eigenvalue weighted by molar-refractivity contribution is 9.10. The van der Waals surface area contributed by atoms with E-state index in [0.717, 1.165) is 16.7 Å². The summed E-state index contributed by atoms with van der Waals surface area (Å²) >= 11 is 3.01. The fraction of sp³-hybridized carbons (Fsp3) is 0.0909. The summed E-state index contributed by atoms with van der Waals surface area (Å²) in [5.74, 6) is -1.37. The number of halogens is 3. The fourth-order valence-corrected chi connectivity index (χ4v) is 1.74. The molecule has 1 aromatic carbocycles. The van der Waals surface area contributed by atoms with E-state index in [1.807, 2.05) is 0 Å². The topological polar surface area (TPSA) is 34.9 Å². The molecule has 0 aliphatic carbocycles. The number of rotatable bonds is 2. The molecule has 0 bridgehead atoms. The van der Waals surface area contributed by atoms with Gasteiger partial charge in [0.2, 0.25) is 0 Å². The standard InChI is InChI=1S/C11H7BrF2N2O/c12-8-4-15-6-16(11(8)17)5-7-9(13)2-1-3-10(7)14/h1-4,6H,5H2. The lowest BCUT2D eigenvalue weighted by atomic mass is 10.2. The fourth-order valence-electron chi connectivity index (χ4n) is 1.39. The Morgan fingerprint density at radius 3 is 2.59 bits per heavy atom. The van der Waals surface area contributed by atoms with Crippen LogP contribution in [0.5, 0.6) is 0 Å². The van der Waals surface area contributed by atoms with Crippen molar-refractivity contribution in [2.24, 2.45) is 0 Å². The van der Waals surface area contributed by atoms with Crippen LogP contribution < -0.4 is 5.56 Å². The molecule has 0 fully saturated rings. The summed E-state index contributed by atoms with van der Waals surface area (Å²) in [5, 5.41) is 0. The van der Waals surface area contributed by atoms with Crippen molar-refractivity contribution in [2.75, 3.05) is 0 Å². The third kappa shape index (κ3) is 2.41. The van der Waals surface area contributed by atoms with Crippen molar-refractivity contribution in [1.82, 2.24) is 9.55 Å². The minimum absolute atomic E-state index is 0.158. The van der Waals surface area contributed by atoms with Crippen molar-refractivity contribution in [2.45, 2.75) is 6.54 Å². The zero-order valence-electron chi connectivity index (χ0n) is 8.53. The van der Waals surface area contributed by atoms with E-state index in [9.17, 15) is 13.6 Å². The quantitative estimate of drug-likeness (QED) is 0.853. The van der Waals surface area contributed by atoms with Crippen LogP contribution >= 0.6 is 15.9 Å². The lowest BCUT2D eigenvalue weighted by Crippen LogP contribution is -2.22. The van der Waals surface area contributed by atoms with Gasteiger partial charge in [0, 0.05) is 11.8 Å². The Kier molecular flexibility index (Phi) is 3.33. The summed E-state index contributed by atoms with van der Waals surface area (Å²) < 4.78 is 28.1. The number of hydrogen-bond acceptors (Lipinski definition) is 2. The van der Waals surface area contributed by atoms with Crippen LogP contribution in [0.25, 0.3) is 0 Å². The molecule has 0 aliphatic heterocycles. The lowest BCUT2D eigenvalue weighted by molar-refractivity contribution is 0.539. The van der Waals surface area contributed by atoms with Crippen molar-refractivity contribution < 1.29 is 8.78 Å². The summed E-state index contributed by atoms with van der Waals surface area (Å²) in [7, 11) is 0. The molecule has 0 amide bonds. The number of benzene rings is 1. The van der Waals surface area contributed by atoms with Gasteiger partial charge in [0.1, 0.15) is 16.1 Å². The number of aromatic nitrogens is 2. The van der Waals surface area contributed by atoms with Crippen LogP contribution in [-0.2, 0) is 6.54 Å². The summed E-state index contributed by atoms with van der Waals surface area (Å²) in [6.45, 7) is -0.191. The first kappa shape index (κ1) is 11.9. The average molecular weight is 301 g/mol. The Labute approximate surface area is 104 Å². The summed E-state index contributed by atoms with van der Waals surface area (Å²) in [5.41, 5.74) is -0.544. The monoisotopic (exact) mass is 300 g/mol. The van der Waals surface area contributed by atoms with Crippen molar-refractivity contribution in [1.29, 1.82) is 0 Å². The second-order valence-electron chi connectivity index (χ2n) is 3.37. The minimum Gasteiger partial charge on any atom is -0.294 e. The summed E-state index contributed by atoms with van der Waals surface area (Å²) in [4.78, 5) is 15.4. The van der Waals surface area contributed by atoms with Gasteiger partial charge in [-0.2, -0.15) is 0 Å². The van der Waals surface area contributed by atoms with Gasteiger partial charge in [0.15, 0.2) is 0 Å². The molecule has 0 saturated heterocycles. The highest BCUT2D eigenvalue weighted by atomic mass is 79.9. The summed E-state index contributed by atoms with van der Waals surface area (Å²) in [6, 6.07) is 3.57. The maximum absolute atomic E-state index is 13.4. The molecule has 17 heavy (non-hydrogen) atoms. The van der Waals surface area contributed by atoms with E-state index in [0.29, 0.717) is 0 Å². The molecule has 88 valence electrons. The van der Waals surface area contributed by atoms with Gasteiger partial charge < -0.3 is 0 Å². The highest BCUT2D eigenvalue weighted by Gasteiger charge is 2.10. The molecule has 0 aliphatic rings. The van der Waals surface area contributed by atoms with E-state index in [1.54, 1.807) is 0 Å². The Bertz CT molecular complexity index is 592. The average Bonchev–Trinajstić information content (AvgIpc) is 2.29. The second kappa shape index (κ2) is 4.75. The Morgan fingerprint density at radius 1 is 1.29 bits per heavy atom. The lowest BCUT2D eigenvalue weighted by Gasteiger charge is -2.07. The van der Waals surface area contributed by atoms with E-state index in [1.165, 1.54) is 18.6 Å². The van der Waals surface area contributed by atoms with E-state index < -0.39 is 11.6 Å². The van der Waals surface area contributed by atoms with Crippen LogP contribution in [0, 0.1) is 11.6 Å². The van der Waals surface area contributed by atoms with Crippen LogP contribution in [-0.4, -0.2) is 9.55 Å². The van der Waals surface area contributed by atoms with Crippen molar-refractivity contribution in [3.05, 3.63) is 62.7 Å². The molecule has 0 radical (unpaired) electrons. The second-order valence-corrected chi connectivity index (χ2v) is 4.23. The molecule has 3 nitrogen and oxygen atoms in total. The predicted molar refractivity (Wildman–Crippen MR) is 61.7 cm³/mol. The first-order valence-electron chi connectivity index (χ1n) is 4.72. The third-order valence-electron chi connectivity index (χ3n) is 2.25. The molecular weight excluding hydrogens is 294 g/mol. The van der Waals surface area contributed by atoms with Gasteiger partial charge in [0.05, 0.1) is 12.9 Å². The Hall–Kier alpha value is -1.56. The zero-order valence-corrected chi connectivity index (χ0v) is 10.1. The Balaban J connectivity index is 2.45. The first-order chi connectivity index (χ1) is 8.09. The SMILES string of the molecule is O=c1c(Br)cncn1Cc1c(F)cccc1F. The van der Waals surface area contributed by atoms with Gasteiger partial charge in [-0.25, -0.2) is 13.8 Å². The molecule has 2 aromatic rings. The van der Waals surface area contributed by atoms with E-state index in [2.05, 4.69) is 20.9 Å². The number of nitrogens with zero attached hydrogens (tertiary/aromatic N) is 2. The van der Waals surface area contributed by atoms with E-state index in [-0.39, 0.29) is 22.1 Å². The smallest absolute Gasteiger partial charge is 0.267 e. The van der Waals surface area contributed by atoms with Crippen molar-refractivity contribution >= 4 is 15.9 Å². The largest absolute Gasteiger partial charge is 0.294 e. The van der Waals surface area contributed by atoms with Gasteiger partial charge in [-0.3, -0.25) is 9.36 Å². The van der Waals surface area contributed by atoms with Gasteiger partial charge in [-0.15, -0.1) is 0 Å². The molecular formula is C11H7BrF2N2O. The van der Waals surface area contributed by atoms with E-state index in [4.69, 9.17) is 0 Å². The molecule has 0 unspecified atom stereocenters. The molecule has 1 aromatic heterocycles. The molecule has 0 saturated carbocycles. The first-order valence-corrected chi connectivity index (χ1v) is 5.51. The number of hydrogen-bond donors (Lipinski definition) is 0. The molecule has 1 heterocycles. The maximum atomic E-state index is 13.4. The van der Waals surface area contributed by atoms with Crippen LogP contribution in [0.1, 0.15) is 5.56 Å². The predicted octanol–water partition coefficient (Wildman–Crippen LogP) is 2.33. The summed E-state index contributed by atoms with van der Waals surface area (Å²) in [6.07, 6.45) is 2.56. The molecule has 2 rings (SSSR count). The van der Waals surface area contributed by atoms with Crippen LogP contribution in [0.2, 0.25) is 0 Å². The minimum atomic E-state index is -0.683. The maximum Gasteiger partial charge on any atom is 0.267 e. The molecule has 0 atom stereocenters. The van der Waals surface area contributed by atoms with Crippen molar-refractivity contribution in [3.63, 3.8) is 0 Å². The normalized spacial score (nSPS) is 10.5. The van der Waals surface area contributed by atoms with Crippen LogP contribution in [0.15, 0.2) is 40.0 Å². The third-order valence-corrected chi connectivity index (χ3v) is 2.79. The Morgan fingerprint density at radius 2 is 1.94 bits per heavy atom. The molecule has 0 N–H and O–H groups in total. The van der Waals surface area contributed by atoms with Gasteiger partial charge in [0.25, 0.3) is 5.56 Å². The molecule has 6 heteroatoms. The molecule has 0 spiro atoms. The van der Waals surface area contributed by atoms with E-state index >= 15 is 0 Å². The van der Waals surface area contributed by atoms with Crippen LogP contribution in [0.4, 0.5) is 8.78 Å². The zero-order chi connectivity index (χ0) is 12.4. The van der Waals surface area contributed by atoms with Gasteiger partial charge in [-0.1, -0.05) is 6.07 Å².